The van der Waals surface area contributed by atoms with Gasteiger partial charge in [0.05, 0.1) is 7.11 Å². The standard InChI is InChI=1S/C13H25NO4/c1-8-9(2)10(11(15)17-7)14(6)12(16)18-13(3,4)5/h9-10H,8H2,1-7H3/t9-,10+/m0/s1. The molecular weight excluding hydrogens is 234 g/mol. The van der Waals surface area contributed by atoms with E-state index in [4.69, 9.17) is 9.47 Å². The molecule has 0 saturated carbocycles. The Morgan fingerprint density at radius 3 is 2.11 bits per heavy atom. The lowest BCUT2D eigenvalue weighted by Gasteiger charge is -2.32. The van der Waals surface area contributed by atoms with E-state index in [9.17, 15) is 9.59 Å². The monoisotopic (exact) mass is 259 g/mol. The number of carbonyl (C=O) groups is 2. The number of hydrogen-bond acceptors (Lipinski definition) is 4. The molecule has 0 rings (SSSR count). The number of hydrogen-bond donors (Lipinski definition) is 0. The summed E-state index contributed by atoms with van der Waals surface area (Å²) in [6.07, 6.45) is 0.255. The Morgan fingerprint density at radius 1 is 1.28 bits per heavy atom. The summed E-state index contributed by atoms with van der Waals surface area (Å²) in [5, 5.41) is 0. The molecule has 0 unspecified atom stereocenters. The van der Waals surface area contributed by atoms with Crippen LogP contribution in [0.3, 0.4) is 0 Å². The Hall–Kier alpha value is -1.26. The summed E-state index contributed by atoms with van der Waals surface area (Å²) in [5.41, 5.74) is -0.582. The summed E-state index contributed by atoms with van der Waals surface area (Å²) in [6, 6.07) is -0.616. The van der Waals surface area contributed by atoms with Crippen LogP contribution in [0.15, 0.2) is 0 Å². The molecule has 0 aliphatic heterocycles. The van der Waals surface area contributed by atoms with Gasteiger partial charge in [0, 0.05) is 7.05 Å². The third kappa shape index (κ3) is 4.94. The van der Waals surface area contributed by atoms with Gasteiger partial charge in [-0.3, -0.25) is 4.90 Å². The van der Waals surface area contributed by atoms with Gasteiger partial charge < -0.3 is 9.47 Å². The zero-order valence-electron chi connectivity index (χ0n) is 12.4. The Kier molecular flexibility index (Phi) is 6.15. The molecule has 0 aromatic rings. The number of ether oxygens (including phenoxy) is 2. The highest BCUT2D eigenvalue weighted by atomic mass is 16.6. The summed E-state index contributed by atoms with van der Waals surface area (Å²) >= 11 is 0. The van der Waals surface area contributed by atoms with Gasteiger partial charge in [0.1, 0.15) is 11.6 Å². The van der Waals surface area contributed by atoms with Crippen LogP contribution in [0, 0.1) is 5.92 Å². The summed E-state index contributed by atoms with van der Waals surface area (Å²) in [6.45, 7) is 9.23. The van der Waals surface area contributed by atoms with Crippen LogP contribution in [0.5, 0.6) is 0 Å². The van der Waals surface area contributed by atoms with Crippen LogP contribution in [-0.4, -0.2) is 42.8 Å². The van der Waals surface area contributed by atoms with Gasteiger partial charge in [-0.05, 0) is 26.7 Å². The van der Waals surface area contributed by atoms with Gasteiger partial charge in [-0.2, -0.15) is 0 Å². The zero-order chi connectivity index (χ0) is 14.5. The van der Waals surface area contributed by atoms with Crippen molar-refractivity contribution in [2.24, 2.45) is 5.92 Å². The third-order valence-corrected chi connectivity index (χ3v) is 2.72. The number of carbonyl (C=O) groups excluding carboxylic acids is 2. The van der Waals surface area contributed by atoms with E-state index in [1.165, 1.54) is 12.0 Å². The average Bonchev–Trinajstić information content (AvgIpc) is 2.26. The van der Waals surface area contributed by atoms with Crippen molar-refractivity contribution in [1.29, 1.82) is 0 Å². The van der Waals surface area contributed by atoms with E-state index >= 15 is 0 Å². The predicted molar refractivity (Wildman–Crippen MR) is 69.3 cm³/mol. The van der Waals surface area contributed by atoms with Gasteiger partial charge in [-0.15, -0.1) is 0 Å². The van der Waals surface area contributed by atoms with Crippen LogP contribution in [0.4, 0.5) is 4.79 Å². The topological polar surface area (TPSA) is 55.8 Å². The molecule has 0 N–H and O–H groups in total. The maximum absolute atomic E-state index is 11.9. The Labute approximate surface area is 109 Å². The van der Waals surface area contributed by atoms with Crippen LogP contribution in [-0.2, 0) is 14.3 Å². The molecule has 5 heteroatoms. The first kappa shape index (κ1) is 16.7. The minimum absolute atomic E-state index is 0.00923. The highest BCUT2D eigenvalue weighted by molar-refractivity contribution is 5.81. The van der Waals surface area contributed by atoms with E-state index in [-0.39, 0.29) is 5.92 Å². The number of likely N-dealkylation sites (N-methyl/N-ethyl adjacent to an activating group) is 1. The molecule has 0 aromatic carbocycles. The Morgan fingerprint density at radius 2 is 1.78 bits per heavy atom. The first-order valence-corrected chi connectivity index (χ1v) is 6.17. The first-order valence-electron chi connectivity index (χ1n) is 6.17. The smallest absolute Gasteiger partial charge is 0.410 e. The highest BCUT2D eigenvalue weighted by Crippen LogP contribution is 2.18. The van der Waals surface area contributed by atoms with E-state index in [0.717, 1.165) is 6.42 Å². The Bertz CT molecular complexity index is 296. The lowest BCUT2D eigenvalue weighted by Crippen LogP contribution is -2.48. The maximum Gasteiger partial charge on any atom is 0.410 e. The van der Waals surface area contributed by atoms with Gasteiger partial charge in [-0.25, -0.2) is 9.59 Å². The molecule has 1 amide bonds. The zero-order valence-corrected chi connectivity index (χ0v) is 12.4. The fraction of sp³-hybridized carbons (Fsp3) is 0.846. The van der Waals surface area contributed by atoms with Crippen LogP contribution in [0.2, 0.25) is 0 Å². The van der Waals surface area contributed by atoms with E-state index < -0.39 is 23.7 Å². The summed E-state index contributed by atoms with van der Waals surface area (Å²) < 4.78 is 10.00. The molecule has 0 saturated heterocycles. The minimum Gasteiger partial charge on any atom is -0.467 e. The first-order chi connectivity index (χ1) is 8.14. The van der Waals surface area contributed by atoms with Gasteiger partial charge in [0.15, 0.2) is 0 Å². The number of amides is 1. The second-order valence-corrected chi connectivity index (χ2v) is 5.44. The number of esters is 1. The molecule has 0 bridgehead atoms. The molecular formula is C13H25NO4. The predicted octanol–water partition coefficient (Wildman–Crippen LogP) is 2.44. The van der Waals surface area contributed by atoms with Crippen molar-refractivity contribution in [3.8, 4) is 0 Å². The van der Waals surface area contributed by atoms with E-state index in [1.807, 2.05) is 13.8 Å². The largest absolute Gasteiger partial charge is 0.467 e. The van der Waals surface area contributed by atoms with Crippen molar-refractivity contribution in [2.75, 3.05) is 14.2 Å². The van der Waals surface area contributed by atoms with Crippen molar-refractivity contribution in [3.63, 3.8) is 0 Å². The second kappa shape index (κ2) is 6.61. The van der Waals surface area contributed by atoms with Gasteiger partial charge in [0.2, 0.25) is 0 Å². The summed E-state index contributed by atoms with van der Waals surface area (Å²) in [5.74, 6) is -0.410. The van der Waals surface area contributed by atoms with Crippen molar-refractivity contribution in [1.82, 2.24) is 4.90 Å². The van der Waals surface area contributed by atoms with Gasteiger partial charge in [0.25, 0.3) is 0 Å². The number of methoxy groups -OCH3 is 1. The molecule has 106 valence electrons. The van der Waals surface area contributed by atoms with Crippen LogP contribution >= 0.6 is 0 Å². The van der Waals surface area contributed by atoms with Gasteiger partial charge in [-0.1, -0.05) is 20.3 Å². The highest BCUT2D eigenvalue weighted by Gasteiger charge is 2.34. The molecule has 0 heterocycles. The van der Waals surface area contributed by atoms with Crippen LogP contribution in [0.1, 0.15) is 41.0 Å². The molecule has 0 aliphatic rings. The van der Waals surface area contributed by atoms with Gasteiger partial charge >= 0.3 is 12.1 Å². The average molecular weight is 259 g/mol. The molecule has 0 radical (unpaired) electrons. The van der Waals surface area contributed by atoms with E-state index in [0.29, 0.717) is 0 Å². The van der Waals surface area contributed by atoms with E-state index in [1.54, 1.807) is 27.8 Å². The van der Waals surface area contributed by atoms with Crippen molar-refractivity contribution < 1.29 is 19.1 Å². The molecule has 0 spiro atoms. The normalized spacial score (nSPS) is 14.6. The molecule has 0 fully saturated rings. The lowest BCUT2D eigenvalue weighted by molar-refractivity contribution is -0.148. The SMILES string of the molecule is CC[C@H](C)[C@H](C(=O)OC)N(C)C(=O)OC(C)(C)C. The second-order valence-electron chi connectivity index (χ2n) is 5.44. The van der Waals surface area contributed by atoms with Crippen molar-refractivity contribution in [3.05, 3.63) is 0 Å². The summed E-state index contributed by atoms with van der Waals surface area (Å²) in [7, 11) is 2.88. The van der Waals surface area contributed by atoms with Crippen molar-refractivity contribution in [2.45, 2.75) is 52.7 Å². The number of nitrogens with zero attached hydrogens (tertiary/aromatic N) is 1. The summed E-state index contributed by atoms with van der Waals surface area (Å²) in [4.78, 5) is 25.0. The molecule has 2 atom stereocenters. The maximum atomic E-state index is 11.9. The minimum atomic E-state index is -0.616. The van der Waals surface area contributed by atoms with Crippen LogP contribution < -0.4 is 0 Å². The molecule has 0 aliphatic carbocycles. The fourth-order valence-corrected chi connectivity index (χ4v) is 1.56. The van der Waals surface area contributed by atoms with E-state index in [2.05, 4.69) is 0 Å². The fourth-order valence-electron chi connectivity index (χ4n) is 1.56. The third-order valence-electron chi connectivity index (χ3n) is 2.72. The molecule has 0 aromatic heterocycles. The lowest BCUT2D eigenvalue weighted by atomic mass is 9.98. The Balaban J connectivity index is 4.91. The van der Waals surface area contributed by atoms with Crippen LogP contribution in [0.25, 0.3) is 0 Å². The van der Waals surface area contributed by atoms with Crippen molar-refractivity contribution >= 4 is 12.1 Å². The molecule has 5 nitrogen and oxygen atoms in total. The number of rotatable bonds is 4. The quantitative estimate of drug-likeness (QED) is 0.728. The molecule has 18 heavy (non-hydrogen) atoms.